The number of rotatable bonds is 7. The van der Waals surface area contributed by atoms with Crippen LogP contribution in [0.3, 0.4) is 0 Å². The fourth-order valence-corrected chi connectivity index (χ4v) is 5.21. The van der Waals surface area contributed by atoms with Crippen molar-refractivity contribution in [2.75, 3.05) is 19.7 Å². The molecule has 4 rings (SSSR count). The van der Waals surface area contributed by atoms with E-state index in [4.69, 9.17) is 0 Å². The minimum absolute atomic E-state index is 0.0511. The minimum Gasteiger partial charge on any atom is -0.452 e. The van der Waals surface area contributed by atoms with Crippen molar-refractivity contribution in [1.82, 2.24) is 4.90 Å². The first-order chi connectivity index (χ1) is 20.0. The molecule has 4 nitrogen and oxygen atoms in total. The van der Waals surface area contributed by atoms with E-state index in [2.05, 4.69) is 4.74 Å². The number of hydrogen-bond acceptors (Lipinski definition) is 4. The van der Waals surface area contributed by atoms with Gasteiger partial charge < -0.3 is 9.84 Å². The van der Waals surface area contributed by atoms with Crippen molar-refractivity contribution in [1.29, 1.82) is 0 Å². The van der Waals surface area contributed by atoms with E-state index in [1.54, 1.807) is 12.1 Å². The van der Waals surface area contributed by atoms with Crippen molar-refractivity contribution in [2.24, 2.45) is 5.92 Å². The molecular formula is C30H26F9NO3. The highest BCUT2D eigenvalue weighted by Gasteiger charge is 2.43. The monoisotopic (exact) mass is 619 g/mol. The Morgan fingerprint density at radius 1 is 0.698 bits per heavy atom. The zero-order valence-corrected chi connectivity index (χ0v) is 22.4. The maximum absolute atomic E-state index is 13.2. The quantitative estimate of drug-likeness (QED) is 0.219. The summed E-state index contributed by atoms with van der Waals surface area (Å²) in [5.41, 5.74) is -2.81. The van der Waals surface area contributed by atoms with Crippen LogP contribution in [-0.2, 0) is 29.2 Å². The predicted octanol–water partition coefficient (Wildman–Crippen LogP) is 7.59. The first-order valence-electron chi connectivity index (χ1n) is 13.1. The number of ether oxygens (including phenoxy) is 1. The molecule has 0 aliphatic carbocycles. The smallest absolute Gasteiger partial charge is 0.422 e. The zero-order chi connectivity index (χ0) is 31.6. The Morgan fingerprint density at radius 2 is 1.12 bits per heavy atom. The molecule has 3 aromatic carbocycles. The summed E-state index contributed by atoms with van der Waals surface area (Å²) in [4.78, 5) is 13.8. The Kier molecular flexibility index (Phi) is 9.17. The Hall–Kier alpha value is -3.58. The summed E-state index contributed by atoms with van der Waals surface area (Å²) in [5.74, 6) is -1.67. The van der Waals surface area contributed by atoms with E-state index in [1.165, 1.54) is 12.1 Å². The van der Waals surface area contributed by atoms with Crippen molar-refractivity contribution in [3.05, 3.63) is 106 Å². The fourth-order valence-electron chi connectivity index (χ4n) is 5.21. The highest BCUT2D eigenvalue weighted by atomic mass is 19.4. The number of likely N-dealkylation sites (tertiary alicyclic amines) is 1. The first kappa shape index (κ1) is 32.3. The molecule has 1 N–H and O–H groups in total. The maximum Gasteiger partial charge on any atom is 0.422 e. The summed E-state index contributed by atoms with van der Waals surface area (Å²) in [6, 6.07) is 13.6. The molecule has 0 aromatic heterocycles. The fraction of sp³-hybridized carbons (Fsp3) is 0.367. The highest BCUT2D eigenvalue weighted by molar-refractivity contribution is 5.89. The molecule has 232 valence electrons. The average Bonchev–Trinajstić information content (AvgIpc) is 2.95. The second-order valence-corrected chi connectivity index (χ2v) is 10.4. The van der Waals surface area contributed by atoms with Crippen molar-refractivity contribution >= 4 is 5.97 Å². The van der Waals surface area contributed by atoms with E-state index in [1.807, 2.05) is 4.90 Å². The van der Waals surface area contributed by atoms with Gasteiger partial charge in [-0.15, -0.1) is 0 Å². The molecule has 0 radical (unpaired) electrons. The van der Waals surface area contributed by atoms with Crippen LogP contribution in [0, 0.1) is 5.92 Å². The molecule has 0 spiro atoms. The number of carbonyl (C=O) groups is 1. The Labute approximate surface area is 240 Å². The summed E-state index contributed by atoms with van der Waals surface area (Å²) in [6.45, 7) is -0.468. The van der Waals surface area contributed by atoms with Crippen LogP contribution in [0.2, 0.25) is 0 Å². The van der Waals surface area contributed by atoms with E-state index >= 15 is 0 Å². The number of esters is 1. The molecule has 0 atom stereocenters. The number of carbonyl (C=O) groups excluding carboxylic acids is 1. The van der Waals surface area contributed by atoms with Crippen LogP contribution in [0.15, 0.2) is 72.8 Å². The number of alkyl halides is 9. The van der Waals surface area contributed by atoms with E-state index in [9.17, 15) is 49.4 Å². The van der Waals surface area contributed by atoms with Gasteiger partial charge in [0, 0.05) is 6.54 Å². The largest absolute Gasteiger partial charge is 0.452 e. The summed E-state index contributed by atoms with van der Waals surface area (Å²) < 4.78 is 120. The van der Waals surface area contributed by atoms with E-state index in [0.29, 0.717) is 32.5 Å². The first-order valence-corrected chi connectivity index (χ1v) is 13.1. The van der Waals surface area contributed by atoms with Gasteiger partial charge in [-0.25, -0.2) is 4.79 Å². The molecule has 0 bridgehead atoms. The SMILES string of the molecule is O=C(OCC(F)(F)F)c1ccc(CN2CCC(C(O)(c3ccc(C(F)(F)F)cc3)c3ccc(C(F)(F)F)cc3)CC2)cc1. The van der Waals surface area contributed by atoms with Gasteiger partial charge in [0.25, 0.3) is 0 Å². The van der Waals surface area contributed by atoms with Gasteiger partial charge in [-0.05, 0) is 84.9 Å². The zero-order valence-electron chi connectivity index (χ0n) is 22.4. The maximum atomic E-state index is 13.2. The van der Waals surface area contributed by atoms with Crippen molar-refractivity contribution < 1.29 is 54.2 Å². The summed E-state index contributed by atoms with van der Waals surface area (Å²) in [5, 5.41) is 12.0. The van der Waals surface area contributed by atoms with Crippen molar-refractivity contribution in [2.45, 2.75) is 43.5 Å². The van der Waals surface area contributed by atoms with Gasteiger partial charge >= 0.3 is 24.5 Å². The third-order valence-electron chi connectivity index (χ3n) is 7.45. The standard InChI is InChI=1S/C30H26F9NO3/c31-27(32,33)18-43-26(41)20-3-1-19(2-4-20)17-40-15-13-23(14-16-40)28(42,21-5-9-24(10-6-21)29(34,35)36)22-7-11-25(12-8-22)30(37,38)39/h1-12,23,42H,13-18H2. The van der Waals surface area contributed by atoms with Crippen LogP contribution in [0.4, 0.5) is 39.5 Å². The lowest BCUT2D eigenvalue weighted by molar-refractivity contribution is -0.161. The second-order valence-electron chi connectivity index (χ2n) is 10.4. The number of halogens is 9. The lowest BCUT2D eigenvalue weighted by Gasteiger charge is -2.42. The Bertz CT molecular complexity index is 1320. The van der Waals surface area contributed by atoms with Gasteiger partial charge in [-0.2, -0.15) is 39.5 Å². The molecule has 1 saturated heterocycles. The second kappa shape index (κ2) is 12.2. The molecule has 3 aromatic rings. The summed E-state index contributed by atoms with van der Waals surface area (Å²) >= 11 is 0. The summed E-state index contributed by atoms with van der Waals surface area (Å²) in [7, 11) is 0. The van der Waals surface area contributed by atoms with Crippen LogP contribution in [0.5, 0.6) is 0 Å². The van der Waals surface area contributed by atoms with E-state index in [-0.39, 0.29) is 16.7 Å². The lowest BCUT2D eigenvalue weighted by atomic mass is 9.71. The molecule has 0 unspecified atom stereocenters. The Morgan fingerprint density at radius 3 is 1.51 bits per heavy atom. The topological polar surface area (TPSA) is 49.8 Å². The van der Waals surface area contributed by atoms with Gasteiger partial charge in [0.2, 0.25) is 0 Å². The van der Waals surface area contributed by atoms with E-state index in [0.717, 1.165) is 54.1 Å². The molecule has 43 heavy (non-hydrogen) atoms. The molecule has 13 heteroatoms. The highest BCUT2D eigenvalue weighted by Crippen LogP contribution is 2.44. The lowest BCUT2D eigenvalue weighted by Crippen LogP contribution is -2.44. The van der Waals surface area contributed by atoms with E-state index < -0.39 is 53.8 Å². The number of piperidine rings is 1. The van der Waals surface area contributed by atoms with Gasteiger partial charge in [0.15, 0.2) is 6.61 Å². The van der Waals surface area contributed by atoms with Gasteiger partial charge in [-0.3, -0.25) is 4.90 Å². The number of aliphatic hydroxyl groups is 1. The van der Waals surface area contributed by atoms with Gasteiger partial charge in [0.05, 0.1) is 16.7 Å². The molecule has 0 saturated carbocycles. The molecule has 1 aliphatic heterocycles. The minimum atomic E-state index is -4.65. The summed E-state index contributed by atoms with van der Waals surface area (Å²) in [6.07, 6.45) is -13.2. The normalized spacial score (nSPS) is 15.9. The van der Waals surface area contributed by atoms with Crippen LogP contribution in [0.1, 0.15) is 51.0 Å². The van der Waals surface area contributed by atoms with Crippen molar-refractivity contribution in [3.63, 3.8) is 0 Å². The van der Waals surface area contributed by atoms with Gasteiger partial charge in [0.1, 0.15) is 5.60 Å². The Balaban J connectivity index is 1.49. The molecule has 1 aliphatic rings. The van der Waals surface area contributed by atoms with Crippen molar-refractivity contribution in [3.8, 4) is 0 Å². The third-order valence-corrected chi connectivity index (χ3v) is 7.45. The molecule has 1 heterocycles. The molecular weight excluding hydrogens is 593 g/mol. The molecule has 0 amide bonds. The third kappa shape index (κ3) is 7.88. The number of benzene rings is 3. The average molecular weight is 620 g/mol. The van der Waals surface area contributed by atoms with Crippen LogP contribution >= 0.6 is 0 Å². The van der Waals surface area contributed by atoms with Crippen LogP contribution in [0.25, 0.3) is 0 Å². The van der Waals surface area contributed by atoms with Crippen LogP contribution < -0.4 is 0 Å². The number of hydrogen-bond donors (Lipinski definition) is 1. The number of nitrogens with zero attached hydrogens (tertiary/aromatic N) is 1. The van der Waals surface area contributed by atoms with Gasteiger partial charge in [-0.1, -0.05) is 36.4 Å². The predicted molar refractivity (Wildman–Crippen MR) is 137 cm³/mol. The molecule has 1 fully saturated rings. The van der Waals surface area contributed by atoms with Crippen LogP contribution in [-0.4, -0.2) is 41.8 Å².